The van der Waals surface area contributed by atoms with Crippen LogP contribution in [-0.4, -0.2) is 24.9 Å². The smallest absolute Gasteiger partial charge is 0.266 e. The van der Waals surface area contributed by atoms with Gasteiger partial charge in [-0.05, 0) is 43.7 Å². The molecule has 0 amide bonds. The van der Waals surface area contributed by atoms with E-state index in [-0.39, 0.29) is 4.90 Å². The number of benzene rings is 3. The van der Waals surface area contributed by atoms with Gasteiger partial charge in [0.15, 0.2) is 0 Å². The van der Waals surface area contributed by atoms with Crippen LogP contribution in [0.2, 0.25) is 0 Å². The van der Waals surface area contributed by atoms with E-state index in [0.717, 1.165) is 26.2 Å². The third kappa shape index (κ3) is 4.26. The minimum absolute atomic E-state index is 0.186. The van der Waals surface area contributed by atoms with Crippen LogP contribution < -0.4 is 9.62 Å². The van der Waals surface area contributed by atoms with Crippen molar-refractivity contribution < 1.29 is 8.42 Å². The Hall–Kier alpha value is -3.75. The molecule has 0 unspecified atom stereocenters. The SMILES string of the molecule is CCN(c1ccccc1)S(=O)(=O)c1ccccc1Nc1ncnc2sc(C)c(-c3ccccc3)c12. The van der Waals surface area contributed by atoms with Crippen LogP contribution in [0.5, 0.6) is 0 Å². The van der Waals surface area contributed by atoms with Crippen molar-refractivity contribution in [2.75, 3.05) is 16.2 Å². The van der Waals surface area contributed by atoms with Gasteiger partial charge in [0.05, 0.1) is 16.8 Å². The molecular formula is C27H24N4O2S2. The Morgan fingerprint density at radius 3 is 2.26 bits per heavy atom. The molecule has 176 valence electrons. The summed E-state index contributed by atoms with van der Waals surface area (Å²) in [6.07, 6.45) is 1.51. The van der Waals surface area contributed by atoms with Crippen LogP contribution in [0, 0.1) is 6.92 Å². The van der Waals surface area contributed by atoms with Crippen molar-refractivity contribution in [3.8, 4) is 11.1 Å². The third-order valence-corrected chi connectivity index (χ3v) is 8.74. The molecule has 0 saturated carbocycles. The molecule has 2 heterocycles. The topological polar surface area (TPSA) is 75.2 Å². The van der Waals surface area contributed by atoms with E-state index in [4.69, 9.17) is 0 Å². The first kappa shape index (κ1) is 23.0. The molecule has 8 heteroatoms. The molecule has 35 heavy (non-hydrogen) atoms. The molecular weight excluding hydrogens is 476 g/mol. The summed E-state index contributed by atoms with van der Waals surface area (Å²) in [6, 6.07) is 26.2. The highest BCUT2D eigenvalue weighted by Crippen LogP contribution is 2.41. The van der Waals surface area contributed by atoms with Gasteiger partial charge >= 0.3 is 0 Å². The molecule has 0 radical (unpaired) electrons. The summed E-state index contributed by atoms with van der Waals surface area (Å²) in [4.78, 5) is 11.2. The van der Waals surface area contributed by atoms with Crippen molar-refractivity contribution in [3.05, 3.63) is 96.1 Å². The van der Waals surface area contributed by atoms with Gasteiger partial charge in [0, 0.05) is 17.0 Å². The first-order valence-electron chi connectivity index (χ1n) is 11.2. The lowest BCUT2D eigenvalue weighted by Crippen LogP contribution is -2.31. The van der Waals surface area contributed by atoms with E-state index in [1.807, 2.05) is 49.4 Å². The van der Waals surface area contributed by atoms with Gasteiger partial charge < -0.3 is 5.32 Å². The fourth-order valence-electron chi connectivity index (χ4n) is 4.22. The molecule has 0 aliphatic heterocycles. The van der Waals surface area contributed by atoms with Gasteiger partial charge in [-0.25, -0.2) is 18.4 Å². The van der Waals surface area contributed by atoms with Crippen LogP contribution in [0.3, 0.4) is 0 Å². The number of hydrogen-bond acceptors (Lipinski definition) is 6. The average Bonchev–Trinajstić information content (AvgIpc) is 3.22. The number of aromatic nitrogens is 2. The Morgan fingerprint density at radius 1 is 0.886 bits per heavy atom. The first-order valence-corrected chi connectivity index (χ1v) is 13.5. The number of nitrogens with one attached hydrogen (secondary N) is 1. The Balaban J connectivity index is 1.63. The summed E-state index contributed by atoms with van der Waals surface area (Å²) >= 11 is 1.60. The number of rotatable bonds is 7. The quantitative estimate of drug-likeness (QED) is 0.272. The number of thiophene rings is 1. The number of nitrogens with zero attached hydrogens (tertiary/aromatic N) is 3. The molecule has 0 spiro atoms. The molecule has 0 fully saturated rings. The lowest BCUT2D eigenvalue weighted by atomic mass is 10.0. The molecule has 0 saturated heterocycles. The van der Waals surface area contributed by atoms with Crippen molar-refractivity contribution in [2.24, 2.45) is 0 Å². The lowest BCUT2D eigenvalue weighted by molar-refractivity contribution is 0.592. The number of hydrogen-bond donors (Lipinski definition) is 1. The molecule has 2 aromatic heterocycles. The monoisotopic (exact) mass is 500 g/mol. The predicted octanol–water partition coefficient (Wildman–Crippen LogP) is 6.63. The molecule has 0 bridgehead atoms. The molecule has 6 nitrogen and oxygen atoms in total. The van der Waals surface area contributed by atoms with E-state index in [2.05, 4.69) is 34.3 Å². The minimum Gasteiger partial charge on any atom is -0.338 e. The van der Waals surface area contributed by atoms with E-state index in [1.165, 1.54) is 10.6 Å². The zero-order chi connectivity index (χ0) is 24.4. The van der Waals surface area contributed by atoms with Crippen LogP contribution in [0.25, 0.3) is 21.3 Å². The number of aryl methyl sites for hydroxylation is 1. The molecule has 0 aliphatic carbocycles. The van der Waals surface area contributed by atoms with Crippen LogP contribution in [0.15, 0.2) is 96.2 Å². The van der Waals surface area contributed by atoms with Crippen molar-refractivity contribution in [1.82, 2.24) is 9.97 Å². The highest BCUT2D eigenvalue weighted by Gasteiger charge is 2.27. The van der Waals surface area contributed by atoms with Gasteiger partial charge in [-0.3, -0.25) is 4.31 Å². The van der Waals surface area contributed by atoms with Crippen molar-refractivity contribution >= 4 is 48.8 Å². The number of para-hydroxylation sites is 2. The molecule has 5 aromatic rings. The van der Waals surface area contributed by atoms with Crippen LogP contribution in [0.1, 0.15) is 11.8 Å². The normalized spacial score (nSPS) is 11.5. The second-order valence-corrected chi connectivity index (χ2v) is 11.0. The predicted molar refractivity (Wildman–Crippen MR) is 144 cm³/mol. The fraction of sp³-hybridized carbons (Fsp3) is 0.111. The van der Waals surface area contributed by atoms with Crippen molar-refractivity contribution in [3.63, 3.8) is 0 Å². The summed E-state index contributed by atoms with van der Waals surface area (Å²) in [5.41, 5.74) is 3.20. The maximum atomic E-state index is 13.8. The van der Waals surface area contributed by atoms with Crippen LogP contribution in [0.4, 0.5) is 17.2 Å². The summed E-state index contributed by atoms with van der Waals surface area (Å²) in [5.74, 6) is 0.573. The molecule has 5 rings (SSSR count). The first-order chi connectivity index (χ1) is 17.0. The van der Waals surface area contributed by atoms with E-state index < -0.39 is 10.0 Å². The maximum absolute atomic E-state index is 13.8. The second kappa shape index (κ2) is 9.48. The summed E-state index contributed by atoms with van der Waals surface area (Å²) in [7, 11) is -3.84. The van der Waals surface area contributed by atoms with Gasteiger partial charge in [0.2, 0.25) is 0 Å². The Morgan fingerprint density at radius 2 is 1.54 bits per heavy atom. The standard InChI is InChI=1S/C27H24N4O2S2/c1-3-31(21-14-8-5-9-15-21)35(32,33)23-17-11-10-16-22(23)30-26-25-24(20-12-6-4-7-13-20)19(2)34-27(25)29-18-28-26/h4-18H,3H2,1-2H3,(H,28,29,30). The lowest BCUT2D eigenvalue weighted by Gasteiger charge is -2.24. The van der Waals surface area contributed by atoms with Gasteiger partial charge in [0.25, 0.3) is 10.0 Å². The van der Waals surface area contributed by atoms with Gasteiger partial charge in [0.1, 0.15) is 21.9 Å². The Bertz CT molecular complexity index is 1580. The number of sulfonamides is 1. The van der Waals surface area contributed by atoms with Crippen LogP contribution in [-0.2, 0) is 10.0 Å². The van der Waals surface area contributed by atoms with Gasteiger partial charge in [-0.15, -0.1) is 11.3 Å². The van der Waals surface area contributed by atoms with Gasteiger partial charge in [-0.1, -0.05) is 60.7 Å². The van der Waals surface area contributed by atoms with Gasteiger partial charge in [-0.2, -0.15) is 0 Å². The molecule has 0 aliphatic rings. The summed E-state index contributed by atoms with van der Waals surface area (Å²) in [5, 5.41) is 4.20. The van der Waals surface area contributed by atoms with E-state index >= 15 is 0 Å². The molecule has 0 atom stereocenters. The highest BCUT2D eigenvalue weighted by atomic mass is 32.2. The second-order valence-electron chi connectivity index (χ2n) is 7.93. The molecule has 3 aromatic carbocycles. The van der Waals surface area contributed by atoms with E-state index in [1.54, 1.807) is 41.7 Å². The zero-order valence-corrected chi connectivity index (χ0v) is 21.0. The van der Waals surface area contributed by atoms with E-state index in [9.17, 15) is 8.42 Å². The summed E-state index contributed by atoms with van der Waals surface area (Å²) < 4.78 is 29.0. The number of anilines is 3. The summed E-state index contributed by atoms with van der Waals surface area (Å²) in [6.45, 7) is 4.20. The maximum Gasteiger partial charge on any atom is 0.266 e. The van der Waals surface area contributed by atoms with Crippen LogP contribution >= 0.6 is 11.3 Å². The minimum atomic E-state index is -3.84. The largest absolute Gasteiger partial charge is 0.338 e. The third-order valence-electron chi connectivity index (χ3n) is 5.77. The number of fused-ring (bicyclic) bond motifs is 1. The Labute approximate surface area is 209 Å². The van der Waals surface area contributed by atoms with Crippen molar-refractivity contribution in [1.29, 1.82) is 0 Å². The fourth-order valence-corrected chi connectivity index (χ4v) is 6.85. The average molecular weight is 501 g/mol. The van der Waals surface area contributed by atoms with E-state index in [0.29, 0.717) is 23.7 Å². The Kier molecular flexibility index (Phi) is 6.23. The highest BCUT2D eigenvalue weighted by molar-refractivity contribution is 7.93. The molecule has 1 N–H and O–H groups in total. The zero-order valence-electron chi connectivity index (χ0n) is 19.3. The van der Waals surface area contributed by atoms with Crippen molar-refractivity contribution in [2.45, 2.75) is 18.7 Å².